The van der Waals surface area contributed by atoms with Gasteiger partial charge in [0.25, 0.3) is 0 Å². The van der Waals surface area contributed by atoms with Gasteiger partial charge in [0.1, 0.15) is 0 Å². The Morgan fingerprint density at radius 1 is 1.33 bits per heavy atom. The first-order valence-electron chi connectivity index (χ1n) is 4.66. The van der Waals surface area contributed by atoms with E-state index in [1.807, 2.05) is 6.92 Å². The number of hydrogen-bond donors (Lipinski definition) is 2. The minimum Gasteiger partial charge on any atom is -0.396 e. The first-order chi connectivity index (χ1) is 5.63. The molecule has 0 fully saturated rings. The van der Waals surface area contributed by atoms with Gasteiger partial charge < -0.3 is 10.2 Å². The normalized spacial score (nSPS) is 16.5. The Morgan fingerprint density at radius 3 is 2.25 bits per heavy atom. The van der Waals surface area contributed by atoms with E-state index in [-0.39, 0.29) is 18.8 Å². The summed E-state index contributed by atoms with van der Waals surface area (Å²) >= 11 is 0. The molecular formula is C9H21NO2. The van der Waals surface area contributed by atoms with E-state index in [0.29, 0.717) is 0 Å². The van der Waals surface area contributed by atoms with Crippen molar-refractivity contribution in [2.75, 3.05) is 19.7 Å². The van der Waals surface area contributed by atoms with Crippen LogP contribution in [0.3, 0.4) is 0 Å². The number of likely N-dealkylation sites (N-methyl/N-ethyl adjacent to an activating group) is 1. The number of rotatable bonds is 6. The van der Waals surface area contributed by atoms with Crippen molar-refractivity contribution in [2.24, 2.45) is 0 Å². The van der Waals surface area contributed by atoms with Crippen molar-refractivity contribution < 1.29 is 10.2 Å². The monoisotopic (exact) mass is 175 g/mol. The summed E-state index contributed by atoms with van der Waals surface area (Å²) in [7, 11) is 0. The molecule has 2 atom stereocenters. The lowest BCUT2D eigenvalue weighted by atomic mass is 10.1. The summed E-state index contributed by atoms with van der Waals surface area (Å²) in [5.41, 5.74) is 0. The molecule has 74 valence electrons. The van der Waals surface area contributed by atoms with Crippen LogP contribution < -0.4 is 0 Å². The average molecular weight is 175 g/mol. The number of nitrogens with zero attached hydrogens (tertiary/aromatic N) is 1. The highest BCUT2D eigenvalue weighted by molar-refractivity contribution is 4.70. The Balaban J connectivity index is 3.79. The van der Waals surface area contributed by atoms with Crippen LogP contribution in [-0.2, 0) is 0 Å². The van der Waals surface area contributed by atoms with E-state index in [2.05, 4.69) is 11.8 Å². The number of hydrogen-bond acceptors (Lipinski definition) is 3. The maximum absolute atomic E-state index is 9.32. The average Bonchev–Trinajstić information content (AvgIpc) is 2.05. The molecule has 0 rings (SSSR count). The molecule has 0 saturated carbocycles. The summed E-state index contributed by atoms with van der Waals surface area (Å²) in [4.78, 5) is 2.17. The SMILES string of the molecule is CCN(CCCO)C(C)C(C)O. The molecule has 0 aliphatic rings. The van der Waals surface area contributed by atoms with Gasteiger partial charge in [-0.05, 0) is 26.8 Å². The molecule has 2 N–H and O–H groups in total. The first-order valence-corrected chi connectivity index (χ1v) is 4.66. The fraction of sp³-hybridized carbons (Fsp3) is 1.00. The van der Waals surface area contributed by atoms with Gasteiger partial charge in [-0.25, -0.2) is 0 Å². The molecule has 0 bridgehead atoms. The minimum absolute atomic E-state index is 0.182. The molecule has 0 aliphatic carbocycles. The molecule has 3 heteroatoms. The van der Waals surface area contributed by atoms with Gasteiger partial charge in [0.2, 0.25) is 0 Å². The Labute approximate surface area is 75.0 Å². The Kier molecular flexibility index (Phi) is 6.34. The third-order valence-electron chi connectivity index (χ3n) is 2.28. The van der Waals surface area contributed by atoms with Crippen molar-refractivity contribution in [1.29, 1.82) is 0 Å². The molecule has 0 aliphatic heterocycles. The molecule has 0 aromatic rings. The molecule has 0 aromatic heterocycles. The van der Waals surface area contributed by atoms with E-state index in [1.54, 1.807) is 6.92 Å². The van der Waals surface area contributed by atoms with Crippen LogP contribution >= 0.6 is 0 Å². The van der Waals surface area contributed by atoms with Crippen molar-refractivity contribution in [3.05, 3.63) is 0 Å². The zero-order chi connectivity index (χ0) is 9.56. The lowest BCUT2D eigenvalue weighted by Gasteiger charge is -2.29. The van der Waals surface area contributed by atoms with Crippen molar-refractivity contribution in [2.45, 2.75) is 39.3 Å². The van der Waals surface area contributed by atoms with Gasteiger partial charge in [-0.2, -0.15) is 0 Å². The topological polar surface area (TPSA) is 43.7 Å². The quantitative estimate of drug-likeness (QED) is 0.616. The summed E-state index contributed by atoms with van der Waals surface area (Å²) in [6.45, 7) is 7.88. The van der Waals surface area contributed by atoms with Crippen LogP contribution in [0.5, 0.6) is 0 Å². The molecule has 0 spiro atoms. The van der Waals surface area contributed by atoms with E-state index >= 15 is 0 Å². The largest absolute Gasteiger partial charge is 0.396 e. The zero-order valence-electron chi connectivity index (χ0n) is 8.32. The van der Waals surface area contributed by atoms with Crippen molar-refractivity contribution in [3.63, 3.8) is 0 Å². The lowest BCUT2D eigenvalue weighted by Crippen LogP contribution is -2.40. The van der Waals surface area contributed by atoms with E-state index in [1.165, 1.54) is 0 Å². The molecular weight excluding hydrogens is 154 g/mol. The lowest BCUT2D eigenvalue weighted by molar-refractivity contribution is 0.0698. The summed E-state index contributed by atoms with van der Waals surface area (Å²) in [6, 6.07) is 0.182. The molecule has 0 amide bonds. The standard InChI is InChI=1S/C9H21NO2/c1-4-10(6-5-7-11)8(2)9(3)12/h8-9,11-12H,4-7H2,1-3H3. The van der Waals surface area contributed by atoms with Gasteiger partial charge >= 0.3 is 0 Å². The van der Waals surface area contributed by atoms with E-state index in [0.717, 1.165) is 19.5 Å². The van der Waals surface area contributed by atoms with Crippen molar-refractivity contribution in [3.8, 4) is 0 Å². The van der Waals surface area contributed by atoms with Crippen LogP contribution in [0.2, 0.25) is 0 Å². The molecule has 0 heterocycles. The summed E-state index contributed by atoms with van der Waals surface area (Å²) in [5.74, 6) is 0. The summed E-state index contributed by atoms with van der Waals surface area (Å²) in [6.07, 6.45) is 0.480. The van der Waals surface area contributed by atoms with Gasteiger partial charge in [-0.1, -0.05) is 6.92 Å². The van der Waals surface area contributed by atoms with Crippen LogP contribution in [0.25, 0.3) is 0 Å². The molecule has 2 unspecified atom stereocenters. The maximum Gasteiger partial charge on any atom is 0.0664 e. The van der Waals surface area contributed by atoms with E-state index < -0.39 is 0 Å². The Morgan fingerprint density at radius 2 is 1.92 bits per heavy atom. The predicted molar refractivity (Wildman–Crippen MR) is 50.1 cm³/mol. The highest BCUT2D eigenvalue weighted by atomic mass is 16.3. The van der Waals surface area contributed by atoms with Crippen LogP contribution in [-0.4, -0.2) is 47.0 Å². The van der Waals surface area contributed by atoms with Gasteiger partial charge in [0.15, 0.2) is 0 Å². The fourth-order valence-corrected chi connectivity index (χ4v) is 1.23. The van der Waals surface area contributed by atoms with Crippen LogP contribution in [0, 0.1) is 0 Å². The van der Waals surface area contributed by atoms with Gasteiger partial charge in [0, 0.05) is 19.2 Å². The second kappa shape index (κ2) is 6.40. The maximum atomic E-state index is 9.32. The van der Waals surface area contributed by atoms with Crippen LogP contribution in [0.1, 0.15) is 27.2 Å². The minimum atomic E-state index is -0.302. The van der Waals surface area contributed by atoms with E-state index in [4.69, 9.17) is 5.11 Å². The van der Waals surface area contributed by atoms with Crippen molar-refractivity contribution >= 4 is 0 Å². The molecule has 0 aromatic carbocycles. The number of aliphatic hydroxyl groups excluding tert-OH is 2. The van der Waals surface area contributed by atoms with Crippen LogP contribution in [0.4, 0.5) is 0 Å². The van der Waals surface area contributed by atoms with E-state index in [9.17, 15) is 5.11 Å². The zero-order valence-corrected chi connectivity index (χ0v) is 8.32. The molecule has 0 saturated heterocycles. The Bertz CT molecular complexity index is 107. The third kappa shape index (κ3) is 4.04. The second-order valence-corrected chi connectivity index (χ2v) is 3.19. The fourth-order valence-electron chi connectivity index (χ4n) is 1.23. The molecule has 12 heavy (non-hydrogen) atoms. The van der Waals surface area contributed by atoms with Gasteiger partial charge in [0.05, 0.1) is 6.10 Å². The second-order valence-electron chi connectivity index (χ2n) is 3.19. The molecule has 3 nitrogen and oxygen atoms in total. The molecule has 0 radical (unpaired) electrons. The Hall–Kier alpha value is -0.120. The van der Waals surface area contributed by atoms with Crippen molar-refractivity contribution in [1.82, 2.24) is 4.90 Å². The van der Waals surface area contributed by atoms with Gasteiger partial charge in [-0.15, -0.1) is 0 Å². The summed E-state index contributed by atoms with van der Waals surface area (Å²) in [5, 5.41) is 18.0. The highest BCUT2D eigenvalue weighted by Gasteiger charge is 2.15. The van der Waals surface area contributed by atoms with Crippen LogP contribution in [0.15, 0.2) is 0 Å². The smallest absolute Gasteiger partial charge is 0.0664 e. The highest BCUT2D eigenvalue weighted by Crippen LogP contribution is 2.04. The summed E-state index contributed by atoms with van der Waals surface area (Å²) < 4.78 is 0. The first kappa shape index (κ1) is 11.9. The number of aliphatic hydroxyl groups is 2. The predicted octanol–water partition coefficient (Wildman–Crippen LogP) is 0.460. The third-order valence-corrected chi connectivity index (χ3v) is 2.28. The van der Waals surface area contributed by atoms with Gasteiger partial charge in [-0.3, -0.25) is 4.90 Å².